The number of halogens is 1. The molecule has 0 spiro atoms. The lowest BCUT2D eigenvalue weighted by atomic mass is 10.1. The average Bonchev–Trinajstić information content (AvgIpc) is 2.62. The van der Waals surface area contributed by atoms with Crippen molar-refractivity contribution in [1.82, 2.24) is 0 Å². The van der Waals surface area contributed by atoms with Gasteiger partial charge in [0.1, 0.15) is 6.54 Å². The number of unbranched alkanes of at least 4 members (excludes halogenated alkanes) is 10. The summed E-state index contributed by atoms with van der Waals surface area (Å²) in [4.78, 5) is 0. The minimum absolute atomic E-state index is 0. The Hall–Kier alpha value is -0.530. The highest BCUT2D eigenvalue weighted by atomic mass is 35.5. The van der Waals surface area contributed by atoms with E-state index < -0.39 is 0 Å². The Morgan fingerprint density at radius 1 is 0.615 bits per heavy atom. The van der Waals surface area contributed by atoms with E-state index in [-0.39, 0.29) is 12.4 Å². The summed E-state index contributed by atoms with van der Waals surface area (Å²) in [6.07, 6.45) is 17.0. The number of quaternary nitrogens is 1. The first kappa shape index (κ1) is 25.5. The second-order valence-electron chi connectivity index (χ2n) is 8.25. The van der Waals surface area contributed by atoms with Crippen LogP contribution in [-0.4, -0.2) is 24.6 Å². The van der Waals surface area contributed by atoms with Crippen LogP contribution in [0, 0.1) is 0 Å². The molecule has 0 amide bonds. The Kier molecular flexibility index (Phi) is 16.3. The normalized spacial score (nSPS) is 13.2. The minimum Gasteiger partial charge on any atom is -1.00 e. The van der Waals surface area contributed by atoms with Gasteiger partial charge in [0.25, 0.3) is 0 Å². The van der Waals surface area contributed by atoms with E-state index in [1.165, 1.54) is 107 Å². The van der Waals surface area contributed by atoms with Crippen LogP contribution in [0.2, 0.25) is 0 Å². The van der Waals surface area contributed by atoms with Crippen LogP contribution in [-0.2, 0) is 6.54 Å². The predicted octanol–water partition coefficient (Wildman–Crippen LogP) is 4.36. The molecule has 0 N–H and O–H groups in total. The molecular weight excluding hydrogens is 338 g/mol. The second kappa shape index (κ2) is 16.6. The molecule has 1 rings (SSSR count). The minimum atomic E-state index is 0. The molecule has 0 aliphatic heterocycles. The van der Waals surface area contributed by atoms with E-state index in [1.54, 1.807) is 0 Å². The maximum Gasteiger partial charge on any atom is 0.104 e. The summed E-state index contributed by atoms with van der Waals surface area (Å²) >= 11 is 0. The molecule has 0 radical (unpaired) electrons. The fraction of sp³-hybridized carbons (Fsp3) is 0.750. The van der Waals surface area contributed by atoms with Gasteiger partial charge >= 0.3 is 0 Å². The van der Waals surface area contributed by atoms with Gasteiger partial charge in [-0.25, -0.2) is 0 Å². The van der Waals surface area contributed by atoms with Crippen molar-refractivity contribution in [2.75, 3.05) is 20.1 Å². The molecule has 0 heterocycles. The van der Waals surface area contributed by atoms with E-state index in [2.05, 4.69) is 51.2 Å². The molecule has 0 aliphatic carbocycles. The Balaban J connectivity index is 0.00000625. The number of hydrogen-bond donors (Lipinski definition) is 0. The van der Waals surface area contributed by atoms with Gasteiger partial charge in [0.2, 0.25) is 0 Å². The van der Waals surface area contributed by atoms with Gasteiger partial charge < -0.3 is 16.9 Å². The zero-order chi connectivity index (χ0) is 18.2. The van der Waals surface area contributed by atoms with Crippen LogP contribution in [0.1, 0.15) is 96.5 Å². The first-order chi connectivity index (χ1) is 12.2. The first-order valence-corrected chi connectivity index (χ1v) is 11.1. The van der Waals surface area contributed by atoms with Crippen LogP contribution in [0.25, 0.3) is 0 Å². The third kappa shape index (κ3) is 12.8. The highest BCUT2D eigenvalue weighted by molar-refractivity contribution is 5.13. The molecule has 0 saturated heterocycles. The third-order valence-electron chi connectivity index (χ3n) is 5.51. The van der Waals surface area contributed by atoms with Gasteiger partial charge in [0, 0.05) is 5.56 Å². The monoisotopic (exact) mass is 381 g/mol. The molecule has 0 bridgehead atoms. The Bertz CT molecular complexity index is 406. The molecule has 0 fully saturated rings. The highest BCUT2D eigenvalue weighted by Gasteiger charge is 2.20. The molecule has 1 unspecified atom stereocenters. The Morgan fingerprint density at radius 3 is 1.62 bits per heavy atom. The largest absolute Gasteiger partial charge is 1.00 e. The molecule has 1 nitrogen and oxygen atoms in total. The molecule has 1 aromatic carbocycles. The smallest absolute Gasteiger partial charge is 0.104 e. The zero-order valence-electron chi connectivity index (χ0n) is 17.8. The number of rotatable bonds is 16. The van der Waals surface area contributed by atoms with E-state index >= 15 is 0 Å². The second-order valence-corrected chi connectivity index (χ2v) is 8.25. The van der Waals surface area contributed by atoms with Crippen molar-refractivity contribution >= 4 is 0 Å². The molecular formula is C24H44ClN. The van der Waals surface area contributed by atoms with E-state index in [0.717, 1.165) is 0 Å². The standard InChI is InChI=1S/C24H44N.ClH/c1-4-6-8-9-10-11-12-13-14-18-22-25(3,21-7-5-2)23-24-19-16-15-17-20-24;/h15-17,19-20H,4-14,18,21-23H2,1-3H3;1H/q+1;/p-1. The summed E-state index contributed by atoms with van der Waals surface area (Å²) in [6, 6.07) is 11.1. The lowest BCUT2D eigenvalue weighted by molar-refractivity contribution is -0.923. The van der Waals surface area contributed by atoms with Gasteiger partial charge in [-0.3, -0.25) is 0 Å². The SMILES string of the molecule is CCCCCCCCCCCC[N+](C)(CCCC)Cc1ccccc1.[Cl-]. The molecule has 0 aliphatic rings. The van der Waals surface area contributed by atoms with E-state index in [0.29, 0.717) is 0 Å². The van der Waals surface area contributed by atoms with Crippen LogP contribution in [0.3, 0.4) is 0 Å². The van der Waals surface area contributed by atoms with Gasteiger partial charge in [-0.05, 0) is 19.3 Å². The molecule has 2 heteroatoms. The van der Waals surface area contributed by atoms with Gasteiger partial charge in [0.15, 0.2) is 0 Å². The van der Waals surface area contributed by atoms with Crippen LogP contribution in [0.5, 0.6) is 0 Å². The summed E-state index contributed by atoms with van der Waals surface area (Å²) in [5.74, 6) is 0. The predicted molar refractivity (Wildman–Crippen MR) is 113 cm³/mol. The average molecular weight is 382 g/mol. The molecule has 1 atom stereocenters. The number of hydrogen-bond acceptors (Lipinski definition) is 0. The fourth-order valence-corrected chi connectivity index (χ4v) is 3.81. The van der Waals surface area contributed by atoms with Crippen molar-refractivity contribution in [3.63, 3.8) is 0 Å². The summed E-state index contributed by atoms with van der Waals surface area (Å²) < 4.78 is 1.22. The van der Waals surface area contributed by atoms with Gasteiger partial charge in [-0.2, -0.15) is 0 Å². The van der Waals surface area contributed by atoms with E-state index in [9.17, 15) is 0 Å². The summed E-state index contributed by atoms with van der Waals surface area (Å²) in [7, 11) is 2.47. The Morgan fingerprint density at radius 2 is 1.08 bits per heavy atom. The van der Waals surface area contributed by atoms with Crippen molar-refractivity contribution in [2.24, 2.45) is 0 Å². The van der Waals surface area contributed by atoms with Crippen molar-refractivity contribution < 1.29 is 16.9 Å². The maximum atomic E-state index is 2.47. The van der Waals surface area contributed by atoms with Crippen LogP contribution in [0.15, 0.2) is 30.3 Å². The quantitative estimate of drug-likeness (QED) is 0.295. The molecule has 0 saturated carbocycles. The van der Waals surface area contributed by atoms with E-state index in [4.69, 9.17) is 0 Å². The highest BCUT2D eigenvalue weighted by Crippen LogP contribution is 2.17. The topological polar surface area (TPSA) is 0 Å². The van der Waals surface area contributed by atoms with Crippen molar-refractivity contribution in [3.05, 3.63) is 35.9 Å². The van der Waals surface area contributed by atoms with Crippen LogP contribution < -0.4 is 12.4 Å². The van der Waals surface area contributed by atoms with Gasteiger partial charge in [-0.1, -0.05) is 102 Å². The van der Waals surface area contributed by atoms with Crippen molar-refractivity contribution in [1.29, 1.82) is 0 Å². The zero-order valence-corrected chi connectivity index (χ0v) is 18.6. The van der Waals surface area contributed by atoms with E-state index in [1.807, 2.05) is 0 Å². The third-order valence-corrected chi connectivity index (χ3v) is 5.51. The molecule has 1 aromatic rings. The summed E-state index contributed by atoms with van der Waals surface area (Å²) in [6.45, 7) is 8.46. The molecule has 0 aromatic heterocycles. The number of benzene rings is 1. The summed E-state index contributed by atoms with van der Waals surface area (Å²) in [5, 5.41) is 0. The molecule has 152 valence electrons. The molecule has 26 heavy (non-hydrogen) atoms. The number of nitrogens with zero attached hydrogens (tertiary/aromatic N) is 1. The van der Waals surface area contributed by atoms with Crippen molar-refractivity contribution in [2.45, 2.75) is 97.4 Å². The lowest BCUT2D eigenvalue weighted by Gasteiger charge is -2.35. The van der Waals surface area contributed by atoms with Crippen LogP contribution in [0.4, 0.5) is 0 Å². The van der Waals surface area contributed by atoms with Crippen molar-refractivity contribution in [3.8, 4) is 0 Å². The van der Waals surface area contributed by atoms with Gasteiger partial charge in [-0.15, -0.1) is 0 Å². The fourth-order valence-electron chi connectivity index (χ4n) is 3.81. The van der Waals surface area contributed by atoms with Gasteiger partial charge in [0.05, 0.1) is 20.1 Å². The first-order valence-electron chi connectivity index (χ1n) is 11.1. The van der Waals surface area contributed by atoms with Crippen LogP contribution >= 0.6 is 0 Å². The summed E-state index contributed by atoms with van der Waals surface area (Å²) in [5.41, 5.74) is 1.49. The Labute approximate surface area is 170 Å². The maximum absolute atomic E-state index is 2.47. The lowest BCUT2D eigenvalue weighted by Crippen LogP contribution is -3.00.